The van der Waals surface area contributed by atoms with Crippen molar-refractivity contribution in [2.45, 2.75) is 77.3 Å². The van der Waals surface area contributed by atoms with Crippen LogP contribution in [-0.2, 0) is 0 Å². The Bertz CT molecular complexity index is 945. The van der Waals surface area contributed by atoms with E-state index in [0.29, 0.717) is 17.4 Å². The summed E-state index contributed by atoms with van der Waals surface area (Å²) >= 11 is 0. The summed E-state index contributed by atoms with van der Waals surface area (Å²) in [4.78, 5) is 8.46. The molecule has 3 N–H and O–H groups in total. The molecule has 0 aliphatic carbocycles. The summed E-state index contributed by atoms with van der Waals surface area (Å²) < 4.78 is 25.9. The Kier molecular flexibility index (Phi) is 4.80. The van der Waals surface area contributed by atoms with E-state index in [4.69, 9.17) is 9.47 Å². The van der Waals surface area contributed by atoms with Crippen LogP contribution in [0.3, 0.4) is 0 Å². The standard InChI is InChI=1S/C22H30FN5O2/c1-20(2)10-14(11-21(3,4)28-20)25-18-15(23)12-24-19(27-18)26-13-7-8-16-17(9-13)30-22(5,6)29-16/h7-9,12,14,28H,10-11H2,1-6H3,(H2,24,25,26,27). The van der Waals surface area contributed by atoms with Crippen LogP contribution in [0.25, 0.3) is 0 Å². The first-order valence-electron chi connectivity index (χ1n) is 10.3. The van der Waals surface area contributed by atoms with Crippen molar-refractivity contribution in [1.82, 2.24) is 15.3 Å². The summed E-state index contributed by atoms with van der Waals surface area (Å²) in [5.74, 6) is 0.675. The van der Waals surface area contributed by atoms with Crippen molar-refractivity contribution in [3.63, 3.8) is 0 Å². The first-order valence-corrected chi connectivity index (χ1v) is 10.3. The molecular weight excluding hydrogens is 385 g/mol. The molecule has 0 radical (unpaired) electrons. The number of nitrogens with one attached hydrogen (secondary N) is 3. The molecule has 0 atom stereocenters. The highest BCUT2D eigenvalue weighted by atomic mass is 19.1. The maximum atomic E-state index is 14.4. The smallest absolute Gasteiger partial charge is 0.246 e. The van der Waals surface area contributed by atoms with E-state index in [0.717, 1.165) is 18.5 Å². The fraction of sp³-hybridized carbons (Fsp3) is 0.545. The van der Waals surface area contributed by atoms with Crippen LogP contribution >= 0.6 is 0 Å². The lowest BCUT2D eigenvalue weighted by Gasteiger charge is -2.46. The molecule has 7 nitrogen and oxygen atoms in total. The third kappa shape index (κ3) is 4.59. The molecule has 2 aliphatic heterocycles. The molecule has 4 rings (SSSR count). The molecule has 0 saturated carbocycles. The molecule has 2 aliphatic rings. The van der Waals surface area contributed by atoms with Crippen LogP contribution in [0.15, 0.2) is 24.4 Å². The molecule has 0 unspecified atom stereocenters. The Morgan fingerprint density at radius 3 is 2.40 bits per heavy atom. The van der Waals surface area contributed by atoms with Gasteiger partial charge in [-0.2, -0.15) is 4.98 Å². The highest BCUT2D eigenvalue weighted by Gasteiger charge is 2.38. The van der Waals surface area contributed by atoms with Crippen LogP contribution < -0.4 is 25.4 Å². The minimum Gasteiger partial charge on any atom is -0.449 e. The van der Waals surface area contributed by atoms with E-state index in [1.54, 1.807) is 0 Å². The quantitative estimate of drug-likeness (QED) is 0.674. The van der Waals surface area contributed by atoms with Crippen LogP contribution in [0.5, 0.6) is 11.5 Å². The van der Waals surface area contributed by atoms with Crippen molar-refractivity contribution >= 4 is 17.5 Å². The number of hydrogen-bond donors (Lipinski definition) is 3. The average Bonchev–Trinajstić information content (AvgIpc) is 2.88. The Morgan fingerprint density at radius 1 is 1.03 bits per heavy atom. The zero-order valence-electron chi connectivity index (χ0n) is 18.4. The van der Waals surface area contributed by atoms with E-state index in [-0.39, 0.29) is 22.9 Å². The lowest BCUT2D eigenvalue weighted by molar-refractivity contribution is -0.0431. The van der Waals surface area contributed by atoms with Crippen molar-refractivity contribution < 1.29 is 13.9 Å². The van der Waals surface area contributed by atoms with Crippen molar-refractivity contribution in [1.29, 1.82) is 0 Å². The summed E-state index contributed by atoms with van der Waals surface area (Å²) in [6.07, 6.45) is 2.91. The predicted molar refractivity (Wildman–Crippen MR) is 115 cm³/mol. The fourth-order valence-electron chi connectivity index (χ4n) is 4.58. The summed E-state index contributed by atoms with van der Waals surface area (Å²) in [5, 5.41) is 10.0. The molecule has 8 heteroatoms. The molecule has 1 fully saturated rings. The maximum absolute atomic E-state index is 14.4. The van der Waals surface area contributed by atoms with Crippen LogP contribution in [0.4, 0.5) is 21.8 Å². The van der Waals surface area contributed by atoms with Gasteiger partial charge in [-0.1, -0.05) is 0 Å². The van der Waals surface area contributed by atoms with Gasteiger partial charge in [0.1, 0.15) is 0 Å². The van der Waals surface area contributed by atoms with Crippen LogP contribution in [0, 0.1) is 5.82 Å². The van der Waals surface area contributed by atoms with Crippen LogP contribution in [0.1, 0.15) is 54.4 Å². The third-order valence-electron chi connectivity index (χ3n) is 5.19. The van der Waals surface area contributed by atoms with E-state index >= 15 is 0 Å². The van der Waals surface area contributed by atoms with Crippen LogP contribution in [-0.4, -0.2) is 32.9 Å². The van der Waals surface area contributed by atoms with Gasteiger partial charge in [-0.05, 0) is 52.7 Å². The summed E-state index contributed by atoms with van der Waals surface area (Å²) in [5.41, 5.74) is 0.630. The highest BCUT2D eigenvalue weighted by Crippen LogP contribution is 2.41. The lowest BCUT2D eigenvalue weighted by atomic mass is 9.79. The number of halogens is 1. The molecule has 30 heavy (non-hydrogen) atoms. The fourth-order valence-corrected chi connectivity index (χ4v) is 4.58. The number of anilines is 3. The number of ether oxygens (including phenoxy) is 2. The van der Waals surface area contributed by atoms with Gasteiger partial charge >= 0.3 is 0 Å². The van der Waals surface area contributed by atoms with Crippen LogP contribution in [0.2, 0.25) is 0 Å². The van der Waals surface area contributed by atoms with Gasteiger partial charge in [0.05, 0.1) is 6.20 Å². The summed E-state index contributed by atoms with van der Waals surface area (Å²) in [6, 6.07) is 5.60. The molecule has 1 saturated heterocycles. The molecular formula is C22H30FN5O2. The second-order valence-corrected chi connectivity index (χ2v) is 9.92. The van der Waals surface area contributed by atoms with Gasteiger partial charge in [-0.25, -0.2) is 9.37 Å². The monoisotopic (exact) mass is 415 g/mol. The molecule has 2 aromatic rings. The van der Waals surface area contributed by atoms with Gasteiger partial charge in [0.2, 0.25) is 11.7 Å². The third-order valence-corrected chi connectivity index (χ3v) is 5.19. The van der Waals surface area contributed by atoms with E-state index in [2.05, 4.69) is 53.6 Å². The van der Waals surface area contributed by atoms with Gasteiger partial charge in [0, 0.05) is 42.7 Å². The Morgan fingerprint density at radius 2 is 1.70 bits per heavy atom. The van der Waals surface area contributed by atoms with E-state index < -0.39 is 11.6 Å². The number of nitrogens with zero attached hydrogens (tertiary/aromatic N) is 2. The van der Waals surface area contributed by atoms with Crippen molar-refractivity contribution in [2.75, 3.05) is 10.6 Å². The minimum absolute atomic E-state index is 0.0513. The first kappa shape index (κ1) is 20.7. The molecule has 1 aromatic heterocycles. The first-order chi connectivity index (χ1) is 13.9. The predicted octanol–water partition coefficient (Wildman–Crippen LogP) is 4.59. The van der Waals surface area contributed by atoms with Crippen molar-refractivity contribution in [3.05, 3.63) is 30.2 Å². The SMILES string of the molecule is CC1(C)CC(Nc2nc(Nc3ccc4c(c3)OC(C)(C)O4)ncc2F)CC(C)(C)N1. The van der Waals surface area contributed by atoms with Gasteiger partial charge in [0.15, 0.2) is 23.1 Å². The lowest BCUT2D eigenvalue weighted by Crippen LogP contribution is -2.60. The van der Waals surface area contributed by atoms with Crippen molar-refractivity contribution in [3.8, 4) is 11.5 Å². The zero-order chi connectivity index (χ0) is 21.7. The van der Waals surface area contributed by atoms with Gasteiger partial charge < -0.3 is 25.4 Å². The Labute approximate surface area is 176 Å². The normalized spacial score (nSPS) is 21.3. The second kappa shape index (κ2) is 6.97. The highest BCUT2D eigenvalue weighted by molar-refractivity contribution is 5.61. The molecule has 0 spiro atoms. The number of hydrogen-bond acceptors (Lipinski definition) is 7. The number of aromatic nitrogens is 2. The molecule has 3 heterocycles. The van der Waals surface area contributed by atoms with Crippen molar-refractivity contribution in [2.24, 2.45) is 0 Å². The molecule has 0 bridgehead atoms. The number of benzene rings is 1. The zero-order valence-corrected chi connectivity index (χ0v) is 18.4. The Hall–Kier alpha value is -2.61. The summed E-state index contributed by atoms with van der Waals surface area (Å²) in [7, 11) is 0. The molecule has 0 amide bonds. The minimum atomic E-state index is -0.694. The second-order valence-electron chi connectivity index (χ2n) is 9.92. The summed E-state index contributed by atoms with van der Waals surface area (Å²) in [6.45, 7) is 12.3. The number of fused-ring (bicyclic) bond motifs is 1. The van der Waals surface area contributed by atoms with E-state index in [1.165, 1.54) is 6.20 Å². The van der Waals surface area contributed by atoms with Gasteiger partial charge in [0.25, 0.3) is 0 Å². The van der Waals surface area contributed by atoms with E-state index in [1.807, 2.05) is 32.0 Å². The van der Waals surface area contributed by atoms with E-state index in [9.17, 15) is 4.39 Å². The Balaban J connectivity index is 1.50. The number of rotatable bonds is 4. The number of piperidine rings is 1. The van der Waals surface area contributed by atoms with Gasteiger partial charge in [-0.15, -0.1) is 0 Å². The average molecular weight is 416 g/mol. The topological polar surface area (TPSA) is 80.3 Å². The van der Waals surface area contributed by atoms with Gasteiger partial charge in [-0.3, -0.25) is 0 Å². The largest absolute Gasteiger partial charge is 0.449 e. The molecule has 162 valence electrons. The molecule has 1 aromatic carbocycles. The maximum Gasteiger partial charge on any atom is 0.246 e.